The van der Waals surface area contributed by atoms with Crippen LogP contribution in [-0.4, -0.2) is 16.2 Å². The van der Waals surface area contributed by atoms with Gasteiger partial charge in [0.2, 0.25) is 0 Å². The average Bonchev–Trinajstić information content (AvgIpc) is 4.11. The number of ether oxygens (including phenoxy) is 1. The van der Waals surface area contributed by atoms with Gasteiger partial charge in [-0.15, -0.1) is 0 Å². The zero-order valence-corrected chi connectivity index (χ0v) is 40.0. The smallest absolute Gasteiger partial charge is 0.137 e. The van der Waals surface area contributed by atoms with Crippen LogP contribution in [0.15, 0.2) is 243 Å². The largest absolute Gasteiger partial charge is 0.457 e. The van der Waals surface area contributed by atoms with Gasteiger partial charge in [0, 0.05) is 45.9 Å². The molecule has 0 unspecified atom stereocenters. The van der Waals surface area contributed by atoms with Gasteiger partial charge in [0.15, 0.2) is 0 Å². The molecule has 0 bridgehead atoms. The van der Waals surface area contributed by atoms with E-state index in [-0.39, 0.29) is 5.41 Å². The maximum absolute atomic E-state index is 6.88. The highest BCUT2D eigenvalue weighted by Crippen LogP contribution is 2.58. The van der Waals surface area contributed by atoms with Crippen molar-refractivity contribution in [1.29, 1.82) is 0 Å². The van der Waals surface area contributed by atoms with Crippen LogP contribution in [0.2, 0.25) is 0 Å². The molecule has 0 atom stereocenters. The lowest BCUT2D eigenvalue weighted by atomic mass is 9.65. The number of para-hydroxylation sites is 3. The van der Waals surface area contributed by atoms with Crippen molar-refractivity contribution in [3.63, 3.8) is 0 Å². The molecule has 3 heterocycles. The first kappa shape index (κ1) is 42.2. The van der Waals surface area contributed by atoms with E-state index in [1.807, 2.05) is 6.20 Å². The molecule has 5 nitrogen and oxygen atoms in total. The Hall–Kier alpha value is -8.67. The van der Waals surface area contributed by atoms with Gasteiger partial charge in [-0.3, -0.25) is 4.57 Å². The lowest BCUT2D eigenvalue weighted by Gasteiger charge is -2.38. The van der Waals surface area contributed by atoms with Crippen molar-refractivity contribution in [2.24, 2.45) is 0 Å². The molecular weight excluding hydrogens is 877 g/mol. The van der Waals surface area contributed by atoms with E-state index in [2.05, 4.69) is 251 Å². The van der Waals surface area contributed by atoms with Crippen LogP contribution in [0.25, 0.3) is 38.8 Å². The maximum Gasteiger partial charge on any atom is 0.137 e. The Bertz CT molecular complexity index is 3780. The van der Waals surface area contributed by atoms with E-state index in [9.17, 15) is 0 Å². The van der Waals surface area contributed by atoms with Crippen molar-refractivity contribution in [3.05, 3.63) is 276 Å². The average molecular weight is 929 g/mol. The highest BCUT2D eigenvalue weighted by molar-refractivity contribution is 6.09. The predicted molar refractivity (Wildman–Crippen MR) is 295 cm³/mol. The Balaban J connectivity index is 0.817. The van der Waals surface area contributed by atoms with Crippen molar-refractivity contribution < 1.29 is 4.74 Å². The van der Waals surface area contributed by atoms with Crippen LogP contribution in [0.3, 0.4) is 0 Å². The second-order valence-electron chi connectivity index (χ2n) is 19.8. The van der Waals surface area contributed by atoms with Crippen LogP contribution in [0.5, 0.6) is 11.5 Å². The van der Waals surface area contributed by atoms with Crippen molar-refractivity contribution >= 4 is 44.6 Å². The summed E-state index contributed by atoms with van der Waals surface area (Å²) >= 11 is 0. The second-order valence-corrected chi connectivity index (χ2v) is 19.8. The Morgan fingerprint density at radius 3 is 1.76 bits per heavy atom. The molecule has 346 valence electrons. The quantitative estimate of drug-likeness (QED) is 0.144. The molecule has 0 radical (unpaired) electrons. The number of nitrogens with zero attached hydrogens (tertiary/aromatic N) is 4. The van der Waals surface area contributed by atoms with E-state index in [1.165, 1.54) is 80.2 Å². The molecular formula is C67H52N4O. The number of fused-ring (bicyclic) bond motifs is 7. The standard InChI is InChI=1S/C67H52N4O/c1-5-20-47(21-6-1)66(39-17-4-18-40-66)50-38-41-68-65(42-50)71-61-31-14-12-29-57(61)58-37-35-54(45-64(58)71)72-53-27-19-26-51(43-53)69-46-70(63-33-16-15-32-62(63)69)52-34-36-56-55-28-11-13-30-59(55)67(60(56)44-52,48-22-7-2-8-23-48)49-24-9-3-10-25-49/h1-3,5-16,19-38,41-45H,4,17-18,39-40,46H2. The van der Waals surface area contributed by atoms with Crippen LogP contribution in [0.1, 0.15) is 65.5 Å². The number of rotatable bonds is 9. The Labute approximate surface area is 420 Å². The third kappa shape index (κ3) is 6.57. The molecule has 2 aromatic heterocycles. The Kier molecular flexibility index (Phi) is 9.99. The summed E-state index contributed by atoms with van der Waals surface area (Å²) in [5.74, 6) is 2.48. The highest BCUT2D eigenvalue weighted by Gasteiger charge is 2.46. The van der Waals surface area contributed by atoms with Gasteiger partial charge >= 0.3 is 0 Å². The summed E-state index contributed by atoms with van der Waals surface area (Å²) in [5, 5.41) is 2.36. The fourth-order valence-corrected chi connectivity index (χ4v) is 12.9. The molecule has 14 rings (SSSR count). The van der Waals surface area contributed by atoms with Gasteiger partial charge in [0.1, 0.15) is 24.0 Å². The topological polar surface area (TPSA) is 33.5 Å². The highest BCUT2D eigenvalue weighted by atomic mass is 16.5. The van der Waals surface area contributed by atoms with Gasteiger partial charge in [-0.05, 0) is 124 Å². The number of aromatic nitrogens is 2. The third-order valence-corrected chi connectivity index (χ3v) is 16.1. The van der Waals surface area contributed by atoms with Crippen LogP contribution in [0.4, 0.5) is 22.7 Å². The van der Waals surface area contributed by atoms with Crippen LogP contribution in [0, 0.1) is 0 Å². The first-order valence-corrected chi connectivity index (χ1v) is 25.5. The number of benzene rings is 9. The van der Waals surface area contributed by atoms with E-state index in [1.54, 1.807) is 0 Å². The summed E-state index contributed by atoms with van der Waals surface area (Å²) in [6, 6.07) is 86.4. The minimum Gasteiger partial charge on any atom is -0.457 e. The second kappa shape index (κ2) is 17.0. The molecule has 3 aliphatic rings. The zero-order valence-electron chi connectivity index (χ0n) is 40.0. The van der Waals surface area contributed by atoms with Gasteiger partial charge in [-0.25, -0.2) is 4.98 Å². The molecule has 1 fully saturated rings. The van der Waals surface area contributed by atoms with Gasteiger partial charge in [0.25, 0.3) is 0 Å². The minimum atomic E-state index is -0.479. The van der Waals surface area contributed by atoms with Crippen LogP contribution >= 0.6 is 0 Å². The first-order chi connectivity index (χ1) is 35.7. The Morgan fingerprint density at radius 2 is 1.01 bits per heavy atom. The summed E-state index contributed by atoms with van der Waals surface area (Å²) in [4.78, 5) is 9.95. The number of hydrogen-bond donors (Lipinski definition) is 0. The van der Waals surface area contributed by atoms with E-state index < -0.39 is 5.41 Å². The monoisotopic (exact) mass is 928 g/mol. The normalized spacial score (nSPS) is 15.3. The van der Waals surface area contributed by atoms with Crippen LogP contribution in [-0.2, 0) is 10.8 Å². The Morgan fingerprint density at radius 1 is 0.403 bits per heavy atom. The molecule has 0 spiro atoms. The molecule has 72 heavy (non-hydrogen) atoms. The summed E-state index contributed by atoms with van der Waals surface area (Å²) in [7, 11) is 0. The first-order valence-electron chi connectivity index (χ1n) is 25.5. The van der Waals surface area contributed by atoms with E-state index >= 15 is 0 Å². The minimum absolute atomic E-state index is 0.0352. The maximum atomic E-state index is 6.88. The van der Waals surface area contributed by atoms with Gasteiger partial charge < -0.3 is 14.5 Å². The molecule has 9 aromatic carbocycles. The lowest BCUT2D eigenvalue weighted by Crippen LogP contribution is -2.30. The van der Waals surface area contributed by atoms with E-state index in [0.717, 1.165) is 58.3 Å². The molecule has 11 aromatic rings. The summed E-state index contributed by atoms with van der Waals surface area (Å²) < 4.78 is 9.21. The summed E-state index contributed by atoms with van der Waals surface area (Å²) in [6.45, 7) is 0.641. The fraction of sp³-hybridized carbons (Fsp3) is 0.119. The van der Waals surface area contributed by atoms with Crippen molar-refractivity contribution in [1.82, 2.24) is 9.55 Å². The molecule has 1 aliphatic heterocycles. The van der Waals surface area contributed by atoms with Crippen LogP contribution < -0.4 is 14.5 Å². The molecule has 0 saturated heterocycles. The van der Waals surface area contributed by atoms with Crippen molar-refractivity contribution in [2.45, 2.75) is 42.9 Å². The fourth-order valence-electron chi connectivity index (χ4n) is 12.9. The van der Waals surface area contributed by atoms with E-state index in [4.69, 9.17) is 9.72 Å². The van der Waals surface area contributed by atoms with Crippen molar-refractivity contribution in [3.8, 4) is 28.4 Å². The molecule has 5 heteroatoms. The third-order valence-electron chi connectivity index (χ3n) is 16.1. The summed E-state index contributed by atoms with van der Waals surface area (Å²) in [6.07, 6.45) is 8.02. The molecule has 2 aliphatic carbocycles. The molecule has 0 amide bonds. The number of pyridine rings is 1. The predicted octanol–water partition coefficient (Wildman–Crippen LogP) is 16.8. The SMILES string of the molecule is c1ccc(C2(c3ccnc(-n4c5ccccc5c5ccc(Oc6cccc(N7CN(c8ccc9c(c8)C(c8ccccc8)(c8ccccc8)c8ccccc8-9)c8ccccc87)c6)cc54)c3)CCCCC2)cc1. The van der Waals surface area contributed by atoms with Crippen molar-refractivity contribution in [2.75, 3.05) is 16.5 Å². The molecule has 1 saturated carbocycles. The lowest BCUT2D eigenvalue weighted by molar-refractivity contribution is 0.345. The number of hydrogen-bond acceptors (Lipinski definition) is 4. The summed E-state index contributed by atoms with van der Waals surface area (Å²) in [5.41, 5.74) is 16.6. The number of anilines is 4. The van der Waals surface area contributed by atoms with Gasteiger partial charge in [-0.2, -0.15) is 0 Å². The molecule has 0 N–H and O–H groups in total. The van der Waals surface area contributed by atoms with Gasteiger partial charge in [0.05, 0.1) is 27.8 Å². The van der Waals surface area contributed by atoms with Gasteiger partial charge in [-0.1, -0.05) is 177 Å². The zero-order chi connectivity index (χ0) is 47.6. The van der Waals surface area contributed by atoms with E-state index in [0.29, 0.717) is 6.67 Å².